The van der Waals surface area contributed by atoms with Crippen LogP contribution in [0.15, 0.2) is 17.4 Å². The Hall–Kier alpha value is -1.39. The van der Waals surface area contributed by atoms with Crippen LogP contribution in [-0.4, -0.2) is 16.9 Å². The van der Waals surface area contributed by atoms with Crippen LogP contribution >= 0.6 is 0 Å². The minimum Gasteiger partial charge on any atom is -0.339 e. The van der Waals surface area contributed by atoms with Crippen molar-refractivity contribution in [3.63, 3.8) is 0 Å². The number of nitro groups is 1. The van der Waals surface area contributed by atoms with E-state index in [2.05, 4.69) is 18.4 Å². The molecule has 5 nitrogen and oxygen atoms in total. The van der Waals surface area contributed by atoms with Crippen molar-refractivity contribution in [3.8, 4) is 0 Å². The van der Waals surface area contributed by atoms with Crippen LogP contribution in [-0.2, 0) is 0 Å². The predicted molar refractivity (Wildman–Crippen MR) is 33.2 cm³/mol. The molecule has 0 unspecified atom stereocenters. The molecule has 0 radical (unpaired) electrons. The van der Waals surface area contributed by atoms with Gasteiger partial charge in [-0.1, -0.05) is 6.58 Å². The Bertz CT molecular complexity index is 140. The van der Waals surface area contributed by atoms with Crippen LogP contribution in [0.1, 0.15) is 6.92 Å². The Labute approximate surface area is 52.4 Å². The molecule has 0 aromatic rings. The SMILES string of the molecule is C=NN(C(=C)C)[N+](=O)[O-]. The fraction of sp³-hybridized carbons (Fsp3) is 0.250. The van der Waals surface area contributed by atoms with Gasteiger partial charge in [-0.3, -0.25) is 0 Å². The molecule has 0 spiro atoms. The third kappa shape index (κ3) is 1.89. The van der Waals surface area contributed by atoms with Gasteiger partial charge < -0.3 is 10.1 Å². The molecule has 0 aliphatic carbocycles. The number of nitrogens with zero attached hydrogens (tertiary/aromatic N) is 3. The Morgan fingerprint density at radius 3 is 2.33 bits per heavy atom. The van der Waals surface area contributed by atoms with Gasteiger partial charge in [-0.15, -0.1) is 0 Å². The maximum absolute atomic E-state index is 9.91. The second kappa shape index (κ2) is 2.81. The fourth-order valence-corrected chi connectivity index (χ4v) is 0.312. The minimum absolute atomic E-state index is 0.231. The third-order valence-electron chi connectivity index (χ3n) is 0.630. The summed E-state index contributed by atoms with van der Waals surface area (Å²) in [6.07, 6.45) is 0. The number of hydrogen-bond acceptors (Lipinski definition) is 3. The van der Waals surface area contributed by atoms with E-state index in [9.17, 15) is 10.1 Å². The van der Waals surface area contributed by atoms with E-state index < -0.39 is 5.03 Å². The first-order chi connectivity index (χ1) is 4.09. The van der Waals surface area contributed by atoms with Crippen molar-refractivity contribution in [2.45, 2.75) is 6.92 Å². The molecule has 0 atom stereocenters. The zero-order valence-electron chi connectivity index (χ0n) is 5.07. The molecule has 5 heteroatoms. The lowest BCUT2D eigenvalue weighted by Crippen LogP contribution is -2.20. The number of hydrazine groups is 1. The van der Waals surface area contributed by atoms with Gasteiger partial charge in [0.25, 0.3) is 0 Å². The van der Waals surface area contributed by atoms with E-state index in [1.54, 1.807) is 0 Å². The van der Waals surface area contributed by atoms with E-state index in [1.165, 1.54) is 6.92 Å². The van der Waals surface area contributed by atoms with Crippen molar-refractivity contribution >= 4 is 6.72 Å². The second-order valence-electron chi connectivity index (χ2n) is 1.40. The average molecular weight is 129 g/mol. The molecule has 0 amide bonds. The first-order valence-corrected chi connectivity index (χ1v) is 2.16. The normalized spacial score (nSPS) is 8.11. The monoisotopic (exact) mass is 129 g/mol. The highest BCUT2D eigenvalue weighted by Crippen LogP contribution is 1.98. The average Bonchev–Trinajstić information content (AvgIpc) is 1.64. The summed E-state index contributed by atoms with van der Waals surface area (Å²) in [6, 6.07) is 0. The summed E-state index contributed by atoms with van der Waals surface area (Å²) in [5, 5.41) is 12.8. The lowest BCUT2D eigenvalue weighted by Gasteiger charge is -2.04. The molecule has 0 aliphatic rings. The molecule has 0 saturated heterocycles. The quantitative estimate of drug-likeness (QED) is 0.319. The van der Waals surface area contributed by atoms with Crippen LogP contribution in [0.2, 0.25) is 0 Å². The number of hydrogen-bond donors (Lipinski definition) is 0. The van der Waals surface area contributed by atoms with Gasteiger partial charge in [0.1, 0.15) is 6.72 Å². The van der Waals surface area contributed by atoms with E-state index in [-0.39, 0.29) is 5.70 Å². The van der Waals surface area contributed by atoms with Gasteiger partial charge in [0, 0.05) is 10.2 Å². The van der Waals surface area contributed by atoms with Crippen LogP contribution in [0.4, 0.5) is 0 Å². The van der Waals surface area contributed by atoms with Gasteiger partial charge in [-0.05, 0) is 6.92 Å². The summed E-state index contributed by atoms with van der Waals surface area (Å²) in [7, 11) is 0. The van der Waals surface area contributed by atoms with E-state index >= 15 is 0 Å². The standard InChI is InChI=1S/C4H7N3O2/c1-4(2)6(5-3)7(8)9/h1,3H2,2H3. The molecular formula is C4H7N3O2. The maximum atomic E-state index is 9.91. The van der Waals surface area contributed by atoms with Crippen molar-refractivity contribution in [1.82, 2.24) is 5.12 Å². The van der Waals surface area contributed by atoms with Gasteiger partial charge in [0.15, 0.2) is 0 Å². The Morgan fingerprint density at radius 2 is 2.33 bits per heavy atom. The third-order valence-corrected chi connectivity index (χ3v) is 0.630. The van der Waals surface area contributed by atoms with Crippen molar-refractivity contribution in [2.75, 3.05) is 0 Å². The van der Waals surface area contributed by atoms with Crippen molar-refractivity contribution in [2.24, 2.45) is 5.10 Å². The molecule has 0 N–H and O–H groups in total. The first kappa shape index (κ1) is 7.61. The van der Waals surface area contributed by atoms with E-state index in [1.807, 2.05) is 0 Å². The number of rotatable bonds is 3. The number of hydrazone groups is 1. The molecule has 0 bridgehead atoms. The van der Waals surface area contributed by atoms with Crippen molar-refractivity contribution < 1.29 is 5.03 Å². The van der Waals surface area contributed by atoms with Gasteiger partial charge in [0.05, 0.1) is 10.7 Å². The molecule has 0 aromatic carbocycles. The second-order valence-corrected chi connectivity index (χ2v) is 1.40. The smallest absolute Gasteiger partial charge is 0.130 e. The highest BCUT2D eigenvalue weighted by molar-refractivity contribution is 5.22. The van der Waals surface area contributed by atoms with Crippen LogP contribution in [0.5, 0.6) is 0 Å². The summed E-state index contributed by atoms with van der Waals surface area (Å²) in [4.78, 5) is 9.91. The Balaban J connectivity index is 4.16. The highest BCUT2D eigenvalue weighted by atomic mass is 16.7. The summed E-state index contributed by atoms with van der Waals surface area (Å²) in [6.45, 7) is 7.74. The van der Waals surface area contributed by atoms with Crippen LogP contribution < -0.4 is 0 Å². The number of allylic oxidation sites excluding steroid dienone is 1. The Morgan fingerprint density at radius 1 is 1.89 bits per heavy atom. The molecule has 0 aromatic heterocycles. The van der Waals surface area contributed by atoms with Crippen LogP contribution in [0, 0.1) is 10.1 Å². The highest BCUT2D eigenvalue weighted by Gasteiger charge is 2.09. The van der Waals surface area contributed by atoms with Crippen LogP contribution in [0.25, 0.3) is 0 Å². The predicted octanol–water partition coefficient (Wildman–Crippen LogP) is 0.629. The van der Waals surface area contributed by atoms with E-state index in [4.69, 9.17) is 0 Å². The largest absolute Gasteiger partial charge is 0.339 e. The van der Waals surface area contributed by atoms with Gasteiger partial charge in [0.2, 0.25) is 0 Å². The molecular weight excluding hydrogens is 122 g/mol. The lowest BCUT2D eigenvalue weighted by molar-refractivity contribution is -0.645. The molecule has 50 valence electrons. The fourth-order valence-electron chi connectivity index (χ4n) is 0.312. The summed E-state index contributed by atoms with van der Waals surface area (Å²) in [5.41, 5.74) is 0.231. The zero-order valence-corrected chi connectivity index (χ0v) is 5.07. The summed E-state index contributed by atoms with van der Waals surface area (Å²) >= 11 is 0. The molecule has 0 heterocycles. The van der Waals surface area contributed by atoms with Crippen molar-refractivity contribution in [3.05, 3.63) is 22.4 Å². The molecule has 0 aliphatic heterocycles. The molecule has 9 heavy (non-hydrogen) atoms. The van der Waals surface area contributed by atoms with Crippen LogP contribution in [0.3, 0.4) is 0 Å². The Kier molecular flexibility index (Phi) is 2.37. The maximum Gasteiger partial charge on any atom is 0.130 e. The van der Waals surface area contributed by atoms with Gasteiger partial charge >= 0.3 is 0 Å². The summed E-state index contributed by atoms with van der Waals surface area (Å²) in [5.74, 6) is 0. The van der Waals surface area contributed by atoms with E-state index in [0.29, 0.717) is 5.12 Å². The first-order valence-electron chi connectivity index (χ1n) is 2.16. The van der Waals surface area contributed by atoms with Gasteiger partial charge in [-0.2, -0.15) is 0 Å². The minimum atomic E-state index is -0.699. The summed E-state index contributed by atoms with van der Waals surface area (Å²) < 4.78 is 0. The van der Waals surface area contributed by atoms with Crippen molar-refractivity contribution in [1.29, 1.82) is 0 Å². The molecule has 0 saturated carbocycles. The molecule has 0 fully saturated rings. The molecule has 0 rings (SSSR count). The zero-order chi connectivity index (χ0) is 7.44. The van der Waals surface area contributed by atoms with Gasteiger partial charge in [-0.25, -0.2) is 0 Å². The lowest BCUT2D eigenvalue weighted by atomic mass is 10.6. The van der Waals surface area contributed by atoms with E-state index in [0.717, 1.165) is 0 Å². The topological polar surface area (TPSA) is 58.7 Å².